The molecule has 0 saturated heterocycles. The summed E-state index contributed by atoms with van der Waals surface area (Å²) in [4.78, 5) is 28.3. The van der Waals surface area contributed by atoms with Crippen LogP contribution >= 0.6 is 11.8 Å². The molecule has 0 spiro atoms. The lowest BCUT2D eigenvalue weighted by Crippen LogP contribution is -2.35. The molecule has 0 aliphatic carbocycles. The van der Waals surface area contributed by atoms with E-state index < -0.39 is 5.97 Å². The molecule has 20 heavy (non-hydrogen) atoms. The third-order valence-corrected chi connectivity index (χ3v) is 3.35. The van der Waals surface area contributed by atoms with Crippen molar-refractivity contribution in [3.8, 4) is 0 Å². The maximum absolute atomic E-state index is 12.1. The predicted molar refractivity (Wildman–Crippen MR) is 76.5 cm³/mol. The second kappa shape index (κ2) is 9.33. The first kappa shape index (κ1) is 16.5. The molecule has 0 bridgehead atoms. The van der Waals surface area contributed by atoms with Crippen molar-refractivity contribution < 1.29 is 19.4 Å². The van der Waals surface area contributed by atoms with E-state index in [1.54, 1.807) is 18.2 Å². The first-order valence-electron chi connectivity index (χ1n) is 6.09. The molecular weight excluding hydrogens is 280 g/mol. The molecule has 0 atom stereocenters. The topological polar surface area (TPSA) is 79.7 Å². The van der Waals surface area contributed by atoms with Crippen LogP contribution in [0.25, 0.3) is 0 Å². The number of hydrogen-bond donors (Lipinski definition) is 1. The predicted octanol–water partition coefficient (Wildman–Crippen LogP) is 0.874. The van der Waals surface area contributed by atoms with Gasteiger partial charge in [-0.3, -0.25) is 14.6 Å². The molecule has 0 aliphatic rings. The largest absolute Gasteiger partial charge is 0.481 e. The Kier molecular flexibility index (Phi) is 7.67. The molecule has 1 heterocycles. The maximum Gasteiger partial charge on any atom is 0.313 e. The molecule has 1 aromatic heterocycles. The van der Waals surface area contributed by atoms with Gasteiger partial charge in [0, 0.05) is 19.9 Å². The van der Waals surface area contributed by atoms with Crippen LogP contribution < -0.4 is 0 Å². The molecule has 110 valence electrons. The summed E-state index contributed by atoms with van der Waals surface area (Å²) in [6.07, 6.45) is 1.67. The van der Waals surface area contributed by atoms with Crippen LogP contribution in [0.15, 0.2) is 24.4 Å². The standard InChI is InChI=1S/C13H18N2O4S/c1-19-7-6-15(8-11-4-2-3-5-14-11)12(16)9-20-10-13(17)18/h2-5H,6-10H2,1H3,(H,17,18). The summed E-state index contributed by atoms with van der Waals surface area (Å²) in [5, 5.41) is 8.57. The minimum Gasteiger partial charge on any atom is -0.481 e. The second-order valence-corrected chi connectivity index (χ2v) is 5.00. The van der Waals surface area contributed by atoms with Crippen LogP contribution in [0.1, 0.15) is 5.69 Å². The van der Waals surface area contributed by atoms with Gasteiger partial charge >= 0.3 is 5.97 Å². The van der Waals surface area contributed by atoms with E-state index in [1.807, 2.05) is 18.2 Å². The van der Waals surface area contributed by atoms with E-state index in [4.69, 9.17) is 9.84 Å². The molecule has 6 nitrogen and oxygen atoms in total. The molecule has 0 aromatic carbocycles. The van der Waals surface area contributed by atoms with Gasteiger partial charge in [-0.15, -0.1) is 11.8 Å². The number of rotatable bonds is 9. The minimum absolute atomic E-state index is 0.0759. The Bertz CT molecular complexity index is 428. The number of aliphatic carboxylic acids is 1. The van der Waals surface area contributed by atoms with Crippen molar-refractivity contribution in [1.82, 2.24) is 9.88 Å². The van der Waals surface area contributed by atoms with E-state index in [9.17, 15) is 9.59 Å². The minimum atomic E-state index is -0.920. The third kappa shape index (κ3) is 6.53. The van der Waals surface area contributed by atoms with E-state index >= 15 is 0 Å². The smallest absolute Gasteiger partial charge is 0.313 e. The van der Waals surface area contributed by atoms with E-state index in [2.05, 4.69) is 4.98 Å². The van der Waals surface area contributed by atoms with Gasteiger partial charge in [0.2, 0.25) is 5.91 Å². The SMILES string of the molecule is COCCN(Cc1ccccn1)C(=O)CSCC(=O)O. The van der Waals surface area contributed by atoms with E-state index in [1.165, 1.54) is 0 Å². The zero-order chi connectivity index (χ0) is 14.8. The number of pyridine rings is 1. The lowest BCUT2D eigenvalue weighted by atomic mass is 10.3. The second-order valence-electron chi connectivity index (χ2n) is 4.02. The molecular formula is C13H18N2O4S. The van der Waals surface area contributed by atoms with E-state index in [0.29, 0.717) is 19.7 Å². The molecule has 7 heteroatoms. The molecule has 0 radical (unpaired) electrons. The molecule has 1 aromatic rings. The zero-order valence-corrected chi connectivity index (χ0v) is 12.1. The number of amides is 1. The number of aromatic nitrogens is 1. The highest BCUT2D eigenvalue weighted by molar-refractivity contribution is 8.00. The number of methoxy groups -OCH3 is 1. The maximum atomic E-state index is 12.1. The van der Waals surface area contributed by atoms with Crippen molar-refractivity contribution in [2.45, 2.75) is 6.54 Å². The van der Waals surface area contributed by atoms with Crippen LogP contribution in [0.2, 0.25) is 0 Å². The van der Waals surface area contributed by atoms with Crippen molar-refractivity contribution in [2.75, 3.05) is 31.8 Å². The Hall–Kier alpha value is -1.60. The van der Waals surface area contributed by atoms with Crippen LogP contribution in [0.4, 0.5) is 0 Å². The van der Waals surface area contributed by atoms with Gasteiger partial charge in [0.1, 0.15) is 0 Å². The fraction of sp³-hybridized carbons (Fsp3) is 0.462. The fourth-order valence-electron chi connectivity index (χ4n) is 1.50. The third-order valence-electron chi connectivity index (χ3n) is 2.45. The van der Waals surface area contributed by atoms with Gasteiger partial charge in [0.25, 0.3) is 0 Å². The van der Waals surface area contributed by atoms with Crippen LogP contribution in [0.3, 0.4) is 0 Å². The van der Waals surface area contributed by atoms with E-state index in [0.717, 1.165) is 17.5 Å². The molecule has 0 fully saturated rings. The van der Waals surface area contributed by atoms with Gasteiger partial charge in [0.15, 0.2) is 0 Å². The van der Waals surface area contributed by atoms with Gasteiger partial charge in [0.05, 0.1) is 30.4 Å². The van der Waals surface area contributed by atoms with Crippen LogP contribution in [0.5, 0.6) is 0 Å². The van der Waals surface area contributed by atoms with Crippen LogP contribution in [0, 0.1) is 0 Å². The lowest BCUT2D eigenvalue weighted by Gasteiger charge is -2.21. The monoisotopic (exact) mass is 298 g/mol. The van der Waals surface area contributed by atoms with Crippen molar-refractivity contribution in [2.24, 2.45) is 0 Å². The Balaban J connectivity index is 2.54. The highest BCUT2D eigenvalue weighted by Crippen LogP contribution is 2.06. The Labute approximate surface area is 122 Å². The quantitative estimate of drug-likeness (QED) is 0.729. The van der Waals surface area contributed by atoms with Crippen molar-refractivity contribution >= 4 is 23.6 Å². The highest BCUT2D eigenvalue weighted by Gasteiger charge is 2.14. The lowest BCUT2D eigenvalue weighted by molar-refractivity contribution is -0.133. The van der Waals surface area contributed by atoms with E-state index in [-0.39, 0.29) is 17.4 Å². The van der Waals surface area contributed by atoms with Gasteiger partial charge in [-0.2, -0.15) is 0 Å². The van der Waals surface area contributed by atoms with Crippen molar-refractivity contribution in [3.05, 3.63) is 30.1 Å². The Morgan fingerprint density at radius 2 is 2.20 bits per heavy atom. The summed E-state index contributed by atoms with van der Waals surface area (Å²) in [5.41, 5.74) is 0.792. The number of carbonyl (C=O) groups is 2. The summed E-state index contributed by atoms with van der Waals surface area (Å²) in [5.74, 6) is -0.967. The molecule has 1 amide bonds. The fourth-order valence-corrected chi connectivity index (χ4v) is 2.13. The first-order chi connectivity index (χ1) is 9.63. The number of carbonyl (C=O) groups excluding carboxylic acids is 1. The Morgan fingerprint density at radius 3 is 2.80 bits per heavy atom. The van der Waals surface area contributed by atoms with Crippen molar-refractivity contribution in [1.29, 1.82) is 0 Å². The molecule has 0 unspecified atom stereocenters. The number of ether oxygens (including phenoxy) is 1. The average Bonchev–Trinajstić information content (AvgIpc) is 2.44. The van der Waals surface area contributed by atoms with Gasteiger partial charge in [-0.05, 0) is 12.1 Å². The molecule has 1 rings (SSSR count). The summed E-state index contributed by atoms with van der Waals surface area (Å²) < 4.78 is 4.99. The van der Waals surface area contributed by atoms with Gasteiger partial charge in [-0.25, -0.2) is 0 Å². The van der Waals surface area contributed by atoms with Gasteiger partial charge < -0.3 is 14.7 Å². The average molecular weight is 298 g/mol. The van der Waals surface area contributed by atoms with Crippen molar-refractivity contribution in [3.63, 3.8) is 0 Å². The number of hydrogen-bond acceptors (Lipinski definition) is 5. The number of thioether (sulfide) groups is 1. The molecule has 1 N–H and O–H groups in total. The number of nitrogens with zero attached hydrogens (tertiary/aromatic N) is 2. The summed E-state index contributed by atoms with van der Waals surface area (Å²) in [6.45, 7) is 1.29. The summed E-state index contributed by atoms with van der Waals surface area (Å²) in [7, 11) is 1.57. The highest BCUT2D eigenvalue weighted by atomic mass is 32.2. The zero-order valence-electron chi connectivity index (χ0n) is 11.3. The molecule has 0 saturated carbocycles. The summed E-state index contributed by atoms with van der Waals surface area (Å²) in [6, 6.07) is 5.52. The number of carboxylic acids is 1. The Morgan fingerprint density at radius 1 is 1.40 bits per heavy atom. The van der Waals surface area contributed by atoms with Gasteiger partial charge in [-0.1, -0.05) is 6.07 Å². The number of carboxylic acid groups (broad SMARTS) is 1. The summed E-state index contributed by atoms with van der Waals surface area (Å²) >= 11 is 1.09. The molecule has 0 aliphatic heterocycles. The normalized spacial score (nSPS) is 10.2. The van der Waals surface area contributed by atoms with Crippen LogP contribution in [-0.4, -0.2) is 58.6 Å². The first-order valence-corrected chi connectivity index (χ1v) is 7.25. The van der Waals surface area contributed by atoms with Crippen LogP contribution in [-0.2, 0) is 20.9 Å².